The molecule has 0 bridgehead atoms. The number of guanidine groups is 1. The van der Waals surface area contributed by atoms with Crippen LogP contribution < -0.4 is 15.4 Å². The normalized spacial score (nSPS) is 16.3. The fourth-order valence-corrected chi connectivity index (χ4v) is 3.39. The average Bonchev–Trinajstić information content (AvgIpc) is 2.71. The summed E-state index contributed by atoms with van der Waals surface area (Å²) in [5.41, 5.74) is 1.17. The van der Waals surface area contributed by atoms with Crippen molar-refractivity contribution in [1.29, 1.82) is 0 Å². The molecule has 0 aliphatic carbocycles. The van der Waals surface area contributed by atoms with Crippen molar-refractivity contribution in [2.24, 2.45) is 10.9 Å². The van der Waals surface area contributed by atoms with Crippen molar-refractivity contribution in [1.82, 2.24) is 20.4 Å². The topological polar surface area (TPSA) is 61.4 Å². The van der Waals surface area contributed by atoms with Crippen LogP contribution in [0.15, 0.2) is 29.3 Å². The van der Waals surface area contributed by atoms with E-state index in [-0.39, 0.29) is 24.0 Å². The predicted octanol–water partition coefficient (Wildman–Crippen LogP) is 2.27. The highest BCUT2D eigenvalue weighted by atomic mass is 127. The maximum Gasteiger partial charge on any atom is 0.191 e. The van der Waals surface area contributed by atoms with E-state index < -0.39 is 0 Å². The van der Waals surface area contributed by atoms with Gasteiger partial charge in [0, 0.05) is 45.8 Å². The molecule has 2 rings (SSSR count). The van der Waals surface area contributed by atoms with Crippen molar-refractivity contribution in [3.63, 3.8) is 0 Å². The zero-order chi connectivity index (χ0) is 21.1. The van der Waals surface area contributed by atoms with E-state index in [2.05, 4.69) is 51.4 Å². The summed E-state index contributed by atoms with van der Waals surface area (Å²) in [6.07, 6.45) is 0. The fraction of sp³-hybridized carbons (Fsp3) is 0.682. The number of likely N-dealkylation sites (N-methyl/N-ethyl adjacent to an activating group) is 1. The fourth-order valence-electron chi connectivity index (χ4n) is 3.39. The van der Waals surface area contributed by atoms with E-state index >= 15 is 0 Å². The van der Waals surface area contributed by atoms with E-state index in [1.165, 1.54) is 5.56 Å². The van der Waals surface area contributed by atoms with Crippen LogP contribution in [0.2, 0.25) is 0 Å². The lowest BCUT2D eigenvalue weighted by molar-refractivity contribution is 0.00752. The third kappa shape index (κ3) is 9.80. The first kappa shape index (κ1) is 26.9. The van der Waals surface area contributed by atoms with Gasteiger partial charge in [0.2, 0.25) is 0 Å². The molecular formula is C22H40IN5O2. The van der Waals surface area contributed by atoms with Crippen LogP contribution in [-0.2, 0) is 11.3 Å². The first-order valence-corrected chi connectivity index (χ1v) is 10.6. The molecule has 0 amide bonds. The van der Waals surface area contributed by atoms with E-state index in [9.17, 15) is 0 Å². The lowest BCUT2D eigenvalue weighted by Gasteiger charge is -2.37. The van der Waals surface area contributed by atoms with Gasteiger partial charge in [-0.1, -0.05) is 26.0 Å². The second kappa shape index (κ2) is 14.8. The number of hydrogen-bond acceptors (Lipinski definition) is 5. The number of rotatable bonds is 10. The van der Waals surface area contributed by atoms with Gasteiger partial charge >= 0.3 is 0 Å². The molecule has 0 spiro atoms. The van der Waals surface area contributed by atoms with E-state index in [4.69, 9.17) is 9.47 Å². The van der Waals surface area contributed by atoms with Gasteiger partial charge in [-0.25, -0.2) is 0 Å². The molecule has 0 radical (unpaired) electrons. The quantitative estimate of drug-likeness (QED) is 0.274. The Bertz CT molecular complexity index is 621. The molecule has 1 unspecified atom stereocenters. The van der Waals surface area contributed by atoms with Gasteiger partial charge in [-0.05, 0) is 37.7 Å². The molecule has 0 saturated carbocycles. The number of nitrogens with zero attached hydrogens (tertiary/aromatic N) is 3. The van der Waals surface area contributed by atoms with Crippen molar-refractivity contribution in [3.8, 4) is 5.75 Å². The molecule has 1 aromatic carbocycles. The maximum absolute atomic E-state index is 5.83. The highest BCUT2D eigenvalue weighted by Gasteiger charge is 2.23. The highest BCUT2D eigenvalue weighted by molar-refractivity contribution is 14.0. The molecule has 1 atom stereocenters. The molecule has 0 aromatic heterocycles. The van der Waals surface area contributed by atoms with Crippen LogP contribution >= 0.6 is 24.0 Å². The largest absolute Gasteiger partial charge is 0.492 e. The van der Waals surface area contributed by atoms with Gasteiger partial charge in [0.25, 0.3) is 0 Å². The highest BCUT2D eigenvalue weighted by Crippen LogP contribution is 2.14. The second-order valence-corrected chi connectivity index (χ2v) is 8.07. The van der Waals surface area contributed by atoms with Crippen molar-refractivity contribution in [2.75, 3.05) is 67.1 Å². The Labute approximate surface area is 199 Å². The number of halogens is 1. The van der Waals surface area contributed by atoms with Crippen molar-refractivity contribution in [2.45, 2.75) is 26.4 Å². The van der Waals surface area contributed by atoms with Crippen LogP contribution in [0.4, 0.5) is 0 Å². The summed E-state index contributed by atoms with van der Waals surface area (Å²) in [6, 6.07) is 8.68. The third-order valence-corrected chi connectivity index (χ3v) is 5.15. The minimum atomic E-state index is 0. The SMILES string of the molecule is CN=C(NCc1cccc(OCCN(C)C)c1)NCC(C(C)C)N1CCOCC1.I. The number of hydrogen-bond donors (Lipinski definition) is 2. The van der Waals surface area contributed by atoms with E-state index in [0.717, 1.165) is 51.1 Å². The van der Waals surface area contributed by atoms with Gasteiger partial charge in [-0.15, -0.1) is 24.0 Å². The lowest BCUT2D eigenvalue weighted by Crippen LogP contribution is -2.52. The molecular weight excluding hydrogens is 493 g/mol. The first-order valence-electron chi connectivity index (χ1n) is 10.6. The number of ether oxygens (including phenoxy) is 2. The second-order valence-electron chi connectivity index (χ2n) is 8.07. The minimum Gasteiger partial charge on any atom is -0.492 e. The van der Waals surface area contributed by atoms with Gasteiger partial charge in [0.15, 0.2) is 5.96 Å². The summed E-state index contributed by atoms with van der Waals surface area (Å²) in [5, 5.41) is 6.92. The standard InChI is InChI=1S/C22H39N5O2.HI/c1-18(2)21(27-10-12-28-13-11-27)17-25-22(23-3)24-16-19-7-6-8-20(15-19)29-14-9-26(4)5;/h6-8,15,18,21H,9-14,16-17H2,1-5H3,(H2,23,24,25);1H. The molecule has 1 aliphatic heterocycles. The van der Waals surface area contributed by atoms with E-state index in [0.29, 0.717) is 25.1 Å². The van der Waals surface area contributed by atoms with Crippen LogP contribution in [0.25, 0.3) is 0 Å². The van der Waals surface area contributed by atoms with Crippen LogP contribution in [0.3, 0.4) is 0 Å². The Balaban J connectivity index is 0.00000450. The summed E-state index contributed by atoms with van der Waals surface area (Å²) < 4.78 is 11.3. The van der Waals surface area contributed by atoms with Crippen LogP contribution in [-0.4, -0.2) is 88.9 Å². The minimum absolute atomic E-state index is 0. The van der Waals surface area contributed by atoms with E-state index in [1.54, 1.807) is 0 Å². The molecule has 1 aromatic rings. The molecule has 1 heterocycles. The van der Waals surface area contributed by atoms with Crippen molar-refractivity contribution < 1.29 is 9.47 Å². The Morgan fingerprint density at radius 2 is 1.97 bits per heavy atom. The van der Waals surface area contributed by atoms with Crippen LogP contribution in [0.1, 0.15) is 19.4 Å². The number of benzene rings is 1. The Kier molecular flexibility index (Phi) is 13.3. The van der Waals surface area contributed by atoms with Crippen LogP contribution in [0.5, 0.6) is 5.75 Å². The summed E-state index contributed by atoms with van der Waals surface area (Å²) in [5.74, 6) is 2.29. The van der Waals surface area contributed by atoms with Gasteiger partial charge in [0.1, 0.15) is 12.4 Å². The Morgan fingerprint density at radius 1 is 1.23 bits per heavy atom. The summed E-state index contributed by atoms with van der Waals surface area (Å²) >= 11 is 0. The zero-order valence-electron chi connectivity index (χ0n) is 19.2. The molecule has 1 saturated heterocycles. The molecule has 1 aliphatic rings. The summed E-state index contributed by atoms with van der Waals surface area (Å²) in [7, 11) is 5.91. The average molecular weight is 533 g/mol. The molecule has 1 fully saturated rings. The third-order valence-electron chi connectivity index (χ3n) is 5.15. The molecule has 30 heavy (non-hydrogen) atoms. The Morgan fingerprint density at radius 3 is 2.60 bits per heavy atom. The molecule has 7 nitrogen and oxygen atoms in total. The van der Waals surface area contributed by atoms with Crippen molar-refractivity contribution in [3.05, 3.63) is 29.8 Å². The van der Waals surface area contributed by atoms with Crippen LogP contribution in [0, 0.1) is 5.92 Å². The smallest absolute Gasteiger partial charge is 0.191 e. The van der Waals surface area contributed by atoms with E-state index in [1.807, 2.05) is 33.3 Å². The van der Waals surface area contributed by atoms with Crippen molar-refractivity contribution >= 4 is 29.9 Å². The van der Waals surface area contributed by atoms with Gasteiger partial charge in [0.05, 0.1) is 13.2 Å². The lowest BCUT2D eigenvalue weighted by atomic mass is 10.0. The van der Waals surface area contributed by atoms with Gasteiger partial charge in [-0.2, -0.15) is 0 Å². The summed E-state index contributed by atoms with van der Waals surface area (Å²) in [6.45, 7) is 11.4. The molecule has 172 valence electrons. The summed E-state index contributed by atoms with van der Waals surface area (Å²) in [4.78, 5) is 9.02. The first-order chi connectivity index (χ1) is 14.0. The monoisotopic (exact) mass is 533 g/mol. The predicted molar refractivity (Wildman–Crippen MR) is 135 cm³/mol. The maximum atomic E-state index is 5.83. The number of nitrogens with one attached hydrogen (secondary N) is 2. The Hall–Kier alpha value is -1.10. The molecule has 8 heteroatoms. The zero-order valence-corrected chi connectivity index (χ0v) is 21.5. The van der Waals surface area contributed by atoms with Gasteiger partial charge < -0.3 is 25.0 Å². The molecule has 2 N–H and O–H groups in total. The number of aliphatic imine (C=N–C) groups is 1. The van der Waals surface area contributed by atoms with Gasteiger partial charge in [-0.3, -0.25) is 9.89 Å². The number of morpholine rings is 1.